The van der Waals surface area contributed by atoms with Crippen molar-refractivity contribution < 1.29 is 19.4 Å². The van der Waals surface area contributed by atoms with Gasteiger partial charge >= 0.3 is 5.97 Å². The maximum Gasteiger partial charge on any atom is 0.336 e. The summed E-state index contributed by atoms with van der Waals surface area (Å²) < 4.78 is 5.30. The molecule has 1 aliphatic heterocycles. The zero-order chi connectivity index (χ0) is 20.5. The number of rotatable bonds is 4. The van der Waals surface area contributed by atoms with Crippen LogP contribution >= 0.6 is 11.3 Å². The van der Waals surface area contributed by atoms with Crippen molar-refractivity contribution in [3.8, 4) is 5.75 Å². The highest BCUT2D eigenvalue weighted by atomic mass is 32.1. The number of benzene rings is 1. The van der Waals surface area contributed by atoms with Crippen molar-refractivity contribution in [3.05, 3.63) is 74.8 Å². The Labute approximate surface area is 173 Å². The third-order valence-electron chi connectivity index (χ3n) is 5.47. The van der Waals surface area contributed by atoms with Crippen LogP contribution in [0.2, 0.25) is 0 Å². The number of phenolic OH excluding ortho intramolecular Hbond substituents is 1. The molecule has 0 amide bonds. The largest absolute Gasteiger partial charge is 0.508 e. The third-order valence-corrected chi connectivity index (χ3v) is 6.51. The zero-order valence-electron chi connectivity index (χ0n) is 16.4. The van der Waals surface area contributed by atoms with Crippen molar-refractivity contribution in [1.82, 2.24) is 5.32 Å². The van der Waals surface area contributed by atoms with Gasteiger partial charge in [0.05, 0.1) is 12.2 Å². The minimum atomic E-state index is -0.547. The van der Waals surface area contributed by atoms with Crippen LogP contribution in [0.5, 0.6) is 5.75 Å². The standard InChI is InChI=1S/C23H23NO4S/c1-3-28-23(27)20-13(2)24-17-11-15(19-8-5-9-29-19)12-18(26)22(17)21(20)14-6-4-7-16(25)10-14/h4-10,15,21,24-25H,3,11-12H2,1-2H3/t15-,21+/m1/s1. The lowest BCUT2D eigenvalue weighted by atomic mass is 9.72. The molecule has 1 aliphatic carbocycles. The normalized spacial score (nSPS) is 21.7. The monoisotopic (exact) mass is 409 g/mol. The van der Waals surface area contributed by atoms with Crippen LogP contribution in [0.25, 0.3) is 0 Å². The molecule has 5 nitrogen and oxygen atoms in total. The Morgan fingerprint density at radius 3 is 2.79 bits per heavy atom. The first-order valence-electron chi connectivity index (χ1n) is 9.73. The Morgan fingerprint density at radius 1 is 1.28 bits per heavy atom. The van der Waals surface area contributed by atoms with E-state index in [2.05, 4.69) is 11.4 Å². The fourth-order valence-electron chi connectivity index (χ4n) is 4.28. The fraction of sp³-hybridized carbons (Fsp3) is 0.304. The number of dihydropyridines is 1. The van der Waals surface area contributed by atoms with E-state index in [-0.39, 0.29) is 24.1 Å². The molecular weight excluding hydrogens is 386 g/mol. The molecule has 2 aliphatic rings. The van der Waals surface area contributed by atoms with Crippen molar-refractivity contribution in [3.63, 3.8) is 0 Å². The quantitative estimate of drug-likeness (QED) is 0.733. The summed E-state index contributed by atoms with van der Waals surface area (Å²) in [6.45, 7) is 3.85. The van der Waals surface area contributed by atoms with Crippen LogP contribution in [0.4, 0.5) is 0 Å². The number of hydrogen-bond donors (Lipinski definition) is 2. The molecule has 150 valence electrons. The minimum Gasteiger partial charge on any atom is -0.508 e. The van der Waals surface area contributed by atoms with Gasteiger partial charge < -0.3 is 15.2 Å². The number of ketones is 1. The molecular formula is C23H23NO4S. The van der Waals surface area contributed by atoms with Crippen LogP contribution in [0, 0.1) is 0 Å². The Balaban J connectivity index is 1.82. The Morgan fingerprint density at radius 2 is 2.10 bits per heavy atom. The van der Waals surface area contributed by atoms with Gasteiger partial charge in [-0.2, -0.15) is 0 Å². The molecule has 0 saturated carbocycles. The van der Waals surface area contributed by atoms with Gasteiger partial charge in [0, 0.05) is 40.1 Å². The summed E-state index contributed by atoms with van der Waals surface area (Å²) in [5.41, 5.74) is 3.30. The minimum absolute atomic E-state index is 0.0276. The van der Waals surface area contributed by atoms with Gasteiger partial charge in [-0.3, -0.25) is 4.79 Å². The number of esters is 1. The van der Waals surface area contributed by atoms with Gasteiger partial charge in [0.25, 0.3) is 0 Å². The van der Waals surface area contributed by atoms with E-state index in [4.69, 9.17) is 4.74 Å². The number of thiophene rings is 1. The van der Waals surface area contributed by atoms with Gasteiger partial charge in [-0.05, 0) is 49.4 Å². The maximum absolute atomic E-state index is 13.3. The number of Topliss-reactive ketones (excluding diaryl/α,β-unsaturated/α-hetero) is 1. The molecule has 0 spiro atoms. The molecule has 0 saturated heterocycles. The van der Waals surface area contributed by atoms with E-state index in [1.165, 1.54) is 4.88 Å². The molecule has 0 fully saturated rings. The highest BCUT2D eigenvalue weighted by Crippen LogP contribution is 2.46. The van der Waals surface area contributed by atoms with Crippen LogP contribution in [-0.2, 0) is 14.3 Å². The average molecular weight is 410 g/mol. The molecule has 2 heterocycles. The molecule has 2 aromatic rings. The Kier molecular flexibility index (Phi) is 5.28. The van der Waals surface area contributed by atoms with E-state index in [0.29, 0.717) is 35.2 Å². The maximum atomic E-state index is 13.3. The first kappa shape index (κ1) is 19.5. The second-order valence-corrected chi connectivity index (χ2v) is 8.33. The van der Waals surface area contributed by atoms with Crippen LogP contribution in [-0.4, -0.2) is 23.5 Å². The summed E-state index contributed by atoms with van der Waals surface area (Å²) in [7, 11) is 0. The second kappa shape index (κ2) is 7.87. The topological polar surface area (TPSA) is 75.6 Å². The fourth-order valence-corrected chi connectivity index (χ4v) is 5.11. The van der Waals surface area contributed by atoms with Crippen LogP contribution in [0.15, 0.2) is 64.3 Å². The lowest BCUT2D eigenvalue weighted by molar-refractivity contribution is -0.138. The number of nitrogens with one attached hydrogen (secondary N) is 1. The lowest BCUT2D eigenvalue weighted by Crippen LogP contribution is -2.36. The molecule has 0 unspecified atom stereocenters. The smallest absolute Gasteiger partial charge is 0.336 e. The van der Waals surface area contributed by atoms with E-state index >= 15 is 0 Å². The molecule has 4 rings (SSSR count). The predicted molar refractivity (Wildman–Crippen MR) is 112 cm³/mol. The molecule has 6 heteroatoms. The van der Waals surface area contributed by atoms with Crippen molar-refractivity contribution in [1.29, 1.82) is 0 Å². The van der Waals surface area contributed by atoms with Gasteiger partial charge in [-0.1, -0.05) is 18.2 Å². The van der Waals surface area contributed by atoms with Crippen LogP contribution in [0.1, 0.15) is 49.0 Å². The summed E-state index contributed by atoms with van der Waals surface area (Å²) in [5, 5.41) is 15.4. The van der Waals surface area contributed by atoms with Crippen LogP contribution < -0.4 is 5.32 Å². The first-order chi connectivity index (χ1) is 14.0. The van der Waals surface area contributed by atoms with E-state index in [0.717, 1.165) is 5.70 Å². The van der Waals surface area contributed by atoms with Crippen molar-refractivity contribution >= 4 is 23.1 Å². The van der Waals surface area contributed by atoms with Crippen molar-refractivity contribution in [2.75, 3.05) is 6.61 Å². The van der Waals surface area contributed by atoms with Crippen molar-refractivity contribution in [2.45, 2.75) is 38.5 Å². The van der Waals surface area contributed by atoms with E-state index in [9.17, 15) is 14.7 Å². The number of ether oxygens (including phenoxy) is 1. The molecule has 2 atom stereocenters. The average Bonchev–Trinajstić information content (AvgIpc) is 3.21. The van der Waals surface area contributed by atoms with E-state index in [1.807, 2.05) is 24.4 Å². The molecule has 0 radical (unpaired) electrons. The summed E-state index contributed by atoms with van der Waals surface area (Å²) >= 11 is 1.66. The van der Waals surface area contributed by atoms with E-state index < -0.39 is 11.9 Å². The van der Waals surface area contributed by atoms with E-state index in [1.54, 1.807) is 36.5 Å². The molecule has 29 heavy (non-hydrogen) atoms. The molecule has 1 aromatic heterocycles. The summed E-state index contributed by atoms with van der Waals surface area (Å²) in [4.78, 5) is 27.3. The molecule has 0 bridgehead atoms. The number of hydrogen-bond acceptors (Lipinski definition) is 6. The highest BCUT2D eigenvalue weighted by molar-refractivity contribution is 7.10. The predicted octanol–water partition coefficient (Wildman–Crippen LogP) is 4.38. The first-order valence-corrected chi connectivity index (χ1v) is 10.6. The lowest BCUT2D eigenvalue weighted by Gasteiger charge is -2.36. The van der Waals surface area contributed by atoms with Gasteiger partial charge in [-0.15, -0.1) is 11.3 Å². The van der Waals surface area contributed by atoms with Gasteiger partial charge in [-0.25, -0.2) is 4.79 Å². The number of carbonyl (C=O) groups excluding carboxylic acids is 2. The van der Waals surface area contributed by atoms with Gasteiger partial charge in [0.15, 0.2) is 5.78 Å². The Bertz CT molecular complexity index is 1020. The number of carbonyl (C=O) groups is 2. The van der Waals surface area contributed by atoms with Crippen LogP contribution in [0.3, 0.4) is 0 Å². The summed E-state index contributed by atoms with van der Waals surface area (Å²) in [5.74, 6) is -0.723. The summed E-state index contributed by atoms with van der Waals surface area (Å²) in [6, 6.07) is 10.8. The summed E-state index contributed by atoms with van der Waals surface area (Å²) in [6.07, 6.45) is 1.12. The van der Waals surface area contributed by atoms with Gasteiger partial charge in [0.1, 0.15) is 5.75 Å². The number of allylic oxidation sites excluding steroid dienone is 3. The van der Waals surface area contributed by atoms with Gasteiger partial charge in [0.2, 0.25) is 0 Å². The number of phenols is 1. The molecule has 1 aromatic carbocycles. The highest BCUT2D eigenvalue weighted by Gasteiger charge is 2.41. The molecule has 2 N–H and O–H groups in total. The second-order valence-electron chi connectivity index (χ2n) is 7.35. The third kappa shape index (κ3) is 3.60. The Hall–Kier alpha value is -2.86. The number of aromatic hydroxyl groups is 1. The zero-order valence-corrected chi connectivity index (χ0v) is 17.2. The SMILES string of the molecule is CCOC(=O)C1=C(C)NC2=C(C(=O)C[C@H](c3cccs3)C2)[C@H]1c1cccc(O)c1. The van der Waals surface area contributed by atoms with Crippen molar-refractivity contribution in [2.24, 2.45) is 0 Å².